The van der Waals surface area contributed by atoms with Crippen molar-refractivity contribution in [2.75, 3.05) is 0 Å². The van der Waals surface area contributed by atoms with E-state index in [4.69, 9.17) is 4.57 Å². The van der Waals surface area contributed by atoms with Gasteiger partial charge in [-0.25, -0.2) is 0 Å². The molecule has 0 saturated heterocycles. The van der Waals surface area contributed by atoms with E-state index in [0.29, 0.717) is 0 Å². The maximum Gasteiger partial charge on any atom is 0 e. The molecular formula is H3OPPbV. The molecule has 0 aromatic carbocycles. The summed E-state index contributed by atoms with van der Waals surface area (Å²) in [6.07, 6.45) is 0. The number of hydrogen-bond donors (Lipinski definition) is 0. The Balaban J connectivity index is -0.00000000500. The van der Waals surface area contributed by atoms with Gasteiger partial charge in [-0.05, 0) is 0 Å². The van der Waals surface area contributed by atoms with E-state index in [1.54, 1.807) is 9.12 Å². The van der Waals surface area contributed by atoms with E-state index < -0.39 is 0 Å². The number of rotatable bonds is 0. The van der Waals surface area contributed by atoms with Gasteiger partial charge >= 0.3 is 27.3 Å². The summed E-state index contributed by atoms with van der Waals surface area (Å²) >= 11 is 0. The predicted molar refractivity (Wildman–Crippen MR) is 17.5 cm³/mol. The average molecular weight is 308 g/mol. The monoisotopic (exact) mass is 309 g/mol. The Labute approximate surface area is 59.2 Å². The Kier molecular flexibility index (Phi) is 102. The Bertz CT molecular complexity index is 8.00. The SMILES string of the molecule is O=P.[PbH2].[V]. The summed E-state index contributed by atoms with van der Waals surface area (Å²) in [4.78, 5) is 0. The van der Waals surface area contributed by atoms with Gasteiger partial charge in [0.1, 0.15) is 9.12 Å². The first-order valence-corrected chi connectivity index (χ1v) is 0.612. The summed E-state index contributed by atoms with van der Waals surface area (Å²) in [5.41, 5.74) is 0. The molecule has 0 N–H and O–H groups in total. The molecule has 0 aliphatic heterocycles. The van der Waals surface area contributed by atoms with Gasteiger partial charge in [-0.2, -0.15) is 0 Å². The van der Waals surface area contributed by atoms with Crippen LogP contribution in [0.5, 0.6) is 0 Å². The quantitative estimate of drug-likeness (QED) is 0.438. The second-order valence-electron chi connectivity index (χ2n) is 0. The fraction of sp³-hybridized carbons (Fsp3) is 0. The van der Waals surface area contributed by atoms with Gasteiger partial charge in [-0.3, -0.25) is 4.57 Å². The molecule has 0 rings (SSSR count). The zero-order valence-corrected chi connectivity index (χ0v) is 9.96. The molecule has 1 nitrogen and oxygen atoms in total. The van der Waals surface area contributed by atoms with Gasteiger partial charge < -0.3 is 0 Å². The summed E-state index contributed by atoms with van der Waals surface area (Å²) in [7, 11) is 1.72. The van der Waals surface area contributed by atoms with E-state index in [-0.39, 0.29) is 45.9 Å². The van der Waals surface area contributed by atoms with Gasteiger partial charge in [0.2, 0.25) is 0 Å². The summed E-state index contributed by atoms with van der Waals surface area (Å²) in [6.45, 7) is 0. The molecule has 3 radical (unpaired) electrons. The molecule has 0 atom stereocenters. The second kappa shape index (κ2) is 23.2. The molecule has 4 heteroatoms. The van der Waals surface area contributed by atoms with E-state index in [2.05, 4.69) is 0 Å². The molecule has 0 amide bonds. The Morgan fingerprint density at radius 2 is 1.25 bits per heavy atom. The fourth-order valence-electron chi connectivity index (χ4n) is 0. The fourth-order valence-corrected chi connectivity index (χ4v) is 0. The molecule has 0 aromatic rings. The second-order valence-corrected chi connectivity index (χ2v) is 0. The summed E-state index contributed by atoms with van der Waals surface area (Å²) in [5, 5.41) is 0. The minimum atomic E-state index is 0. The van der Waals surface area contributed by atoms with Crippen molar-refractivity contribution in [3.63, 3.8) is 0 Å². The van der Waals surface area contributed by atoms with Crippen LogP contribution in [0.2, 0.25) is 0 Å². The van der Waals surface area contributed by atoms with Gasteiger partial charge in [0, 0.05) is 18.6 Å². The van der Waals surface area contributed by atoms with Crippen LogP contribution >= 0.6 is 9.12 Å². The van der Waals surface area contributed by atoms with Gasteiger partial charge in [0.15, 0.2) is 0 Å². The van der Waals surface area contributed by atoms with Crippen LogP contribution in [0, 0.1) is 0 Å². The molecule has 0 aliphatic rings. The zero-order chi connectivity index (χ0) is 2.00. The molecule has 0 aliphatic carbocycles. The van der Waals surface area contributed by atoms with Crippen molar-refractivity contribution in [1.29, 1.82) is 0 Å². The van der Waals surface area contributed by atoms with E-state index in [1.165, 1.54) is 0 Å². The Morgan fingerprint density at radius 3 is 1.25 bits per heavy atom. The first-order valence-electron chi connectivity index (χ1n) is 0.204. The molecule has 4 heavy (non-hydrogen) atoms. The van der Waals surface area contributed by atoms with Crippen molar-refractivity contribution in [3.8, 4) is 0 Å². The van der Waals surface area contributed by atoms with Crippen LogP contribution in [0.4, 0.5) is 0 Å². The third-order valence-electron chi connectivity index (χ3n) is 0. The largest absolute Gasteiger partial charge is 0 e. The van der Waals surface area contributed by atoms with Gasteiger partial charge in [0.25, 0.3) is 0 Å². The smallest absolute Gasteiger partial charge is 0 e. The molecule has 0 bridgehead atoms. The van der Waals surface area contributed by atoms with Crippen molar-refractivity contribution in [2.24, 2.45) is 0 Å². The first kappa shape index (κ1) is 17.5. The Morgan fingerprint density at radius 1 is 1.25 bits per heavy atom. The van der Waals surface area contributed by atoms with E-state index in [1.807, 2.05) is 0 Å². The third kappa shape index (κ3) is 9.49. The molecule has 23 valence electrons. The first-order chi connectivity index (χ1) is 1.00. The van der Waals surface area contributed by atoms with E-state index >= 15 is 0 Å². The van der Waals surface area contributed by atoms with Crippen LogP contribution in [0.15, 0.2) is 0 Å². The molecule has 0 unspecified atom stereocenters. The van der Waals surface area contributed by atoms with Crippen LogP contribution in [-0.2, 0) is 23.1 Å². The summed E-state index contributed by atoms with van der Waals surface area (Å²) < 4.78 is 8.06. The molecular weight excluding hydrogens is 305 g/mol. The minimum Gasteiger partial charge on any atom is 0 e. The molecule has 0 saturated carbocycles. The van der Waals surface area contributed by atoms with Crippen LogP contribution in [0.25, 0.3) is 0 Å². The van der Waals surface area contributed by atoms with Crippen molar-refractivity contribution in [3.05, 3.63) is 0 Å². The standard InChI is InChI=1S/HOP.Pb.V.2H/c1-2;;;;/h2H;;;;. The van der Waals surface area contributed by atoms with Crippen molar-refractivity contribution >= 4 is 36.4 Å². The maximum absolute atomic E-state index is 8.06. The van der Waals surface area contributed by atoms with Crippen LogP contribution in [0.3, 0.4) is 0 Å². The molecule has 0 spiro atoms. The zero-order valence-electron chi connectivity index (χ0n) is 2.06. The van der Waals surface area contributed by atoms with Crippen LogP contribution in [0.1, 0.15) is 0 Å². The maximum atomic E-state index is 8.06. The molecule has 0 aromatic heterocycles. The summed E-state index contributed by atoms with van der Waals surface area (Å²) in [5.74, 6) is 0. The molecule has 0 heterocycles. The minimum absolute atomic E-state index is 0. The van der Waals surface area contributed by atoms with Gasteiger partial charge in [-0.1, -0.05) is 0 Å². The topological polar surface area (TPSA) is 17.1 Å². The van der Waals surface area contributed by atoms with Crippen molar-refractivity contribution < 1.29 is 23.1 Å². The van der Waals surface area contributed by atoms with Crippen LogP contribution < -0.4 is 0 Å². The third-order valence-corrected chi connectivity index (χ3v) is 0. The van der Waals surface area contributed by atoms with E-state index in [0.717, 1.165) is 0 Å². The Hall–Kier alpha value is 1.61. The van der Waals surface area contributed by atoms with Crippen molar-refractivity contribution in [2.45, 2.75) is 0 Å². The van der Waals surface area contributed by atoms with Gasteiger partial charge in [-0.15, -0.1) is 0 Å². The predicted octanol–water partition coefficient (Wildman–Crippen LogP) is -0.444. The van der Waals surface area contributed by atoms with Crippen LogP contribution in [-0.4, -0.2) is 27.3 Å². The van der Waals surface area contributed by atoms with E-state index in [9.17, 15) is 0 Å². The normalized spacial score (nSPS) is 1.00. The van der Waals surface area contributed by atoms with Crippen molar-refractivity contribution in [1.82, 2.24) is 0 Å². The van der Waals surface area contributed by atoms with Gasteiger partial charge in [0.05, 0.1) is 0 Å². The summed E-state index contributed by atoms with van der Waals surface area (Å²) in [6, 6.07) is 0. The number of hydrogen-bond acceptors (Lipinski definition) is 1. The molecule has 0 fully saturated rings. The average Bonchev–Trinajstić information content (AvgIpc) is 1.00.